The van der Waals surface area contributed by atoms with Crippen molar-refractivity contribution in [3.63, 3.8) is 0 Å². The molecule has 2 N–H and O–H groups in total. The van der Waals surface area contributed by atoms with Gasteiger partial charge in [0.15, 0.2) is 11.6 Å². The molecule has 1 fully saturated rings. The highest BCUT2D eigenvalue weighted by molar-refractivity contribution is 5.87. The first-order valence-electron chi connectivity index (χ1n) is 7.39. The van der Waals surface area contributed by atoms with Gasteiger partial charge in [-0.2, -0.15) is 0 Å². The van der Waals surface area contributed by atoms with Crippen LogP contribution < -0.4 is 5.32 Å². The topological polar surface area (TPSA) is 52.6 Å². The van der Waals surface area contributed by atoms with E-state index in [1.165, 1.54) is 6.07 Å². The van der Waals surface area contributed by atoms with E-state index in [0.717, 1.165) is 31.4 Å². The van der Waals surface area contributed by atoms with Crippen LogP contribution in [0, 0.1) is 11.6 Å². The maximum Gasteiger partial charge on any atom is 0.240 e. The fraction of sp³-hybridized carbons (Fsp3) is 0.562. The molecule has 0 radical (unpaired) electrons. The number of carbonyl (C=O) groups is 1. The zero-order chi connectivity index (χ0) is 16.5. The lowest BCUT2D eigenvalue weighted by Crippen LogP contribution is -2.62. The van der Waals surface area contributed by atoms with Gasteiger partial charge in [0.25, 0.3) is 0 Å². The van der Waals surface area contributed by atoms with Gasteiger partial charge in [0, 0.05) is 0 Å². The molecule has 2 rings (SSSR count). The van der Waals surface area contributed by atoms with Gasteiger partial charge in [0.05, 0.1) is 17.7 Å². The quantitative estimate of drug-likeness (QED) is 0.874. The lowest BCUT2D eigenvalue weighted by Gasteiger charge is -2.46. The minimum absolute atomic E-state index is 0.141. The molecule has 2 unspecified atom stereocenters. The van der Waals surface area contributed by atoms with Crippen LogP contribution in [0.2, 0.25) is 0 Å². The Kier molecular flexibility index (Phi) is 4.82. The van der Waals surface area contributed by atoms with Crippen LogP contribution in [0.25, 0.3) is 0 Å². The standard InChI is InChI=1S/C16H22F2N2O2/c1-10(14(21)11-5-6-12(17)13(18)9-11)19-15(22)16(20(2)3)7-4-8-16/h5-6,9-10,14,21H,4,7-8H2,1-3H3,(H,19,22). The molecule has 22 heavy (non-hydrogen) atoms. The van der Waals surface area contributed by atoms with Crippen LogP contribution in [-0.4, -0.2) is 41.6 Å². The molecule has 1 amide bonds. The fourth-order valence-electron chi connectivity index (χ4n) is 2.79. The highest BCUT2D eigenvalue weighted by Gasteiger charge is 2.46. The molecule has 2 atom stereocenters. The van der Waals surface area contributed by atoms with E-state index in [1.54, 1.807) is 6.92 Å². The average Bonchev–Trinajstić information content (AvgIpc) is 2.39. The SMILES string of the molecule is CC(NC(=O)C1(N(C)C)CCC1)C(O)c1ccc(F)c(F)c1. The highest BCUT2D eigenvalue weighted by Crippen LogP contribution is 2.36. The third-order valence-corrected chi connectivity index (χ3v) is 4.58. The molecule has 6 heteroatoms. The van der Waals surface area contributed by atoms with Crippen LogP contribution in [0.4, 0.5) is 8.78 Å². The third kappa shape index (κ3) is 2.98. The van der Waals surface area contributed by atoms with Crippen LogP contribution >= 0.6 is 0 Å². The molecule has 1 aromatic carbocycles. The highest BCUT2D eigenvalue weighted by atomic mass is 19.2. The first-order chi connectivity index (χ1) is 10.3. The van der Waals surface area contributed by atoms with Crippen molar-refractivity contribution in [2.24, 2.45) is 0 Å². The Morgan fingerprint density at radius 1 is 1.32 bits per heavy atom. The zero-order valence-corrected chi connectivity index (χ0v) is 13.1. The van der Waals surface area contributed by atoms with Crippen LogP contribution in [0.1, 0.15) is 37.9 Å². The minimum Gasteiger partial charge on any atom is -0.386 e. The molecule has 0 bridgehead atoms. The van der Waals surface area contributed by atoms with Crippen molar-refractivity contribution < 1.29 is 18.7 Å². The Hall–Kier alpha value is -1.53. The second kappa shape index (κ2) is 6.30. The van der Waals surface area contributed by atoms with Crippen molar-refractivity contribution >= 4 is 5.91 Å². The summed E-state index contributed by atoms with van der Waals surface area (Å²) >= 11 is 0. The van der Waals surface area contributed by atoms with Gasteiger partial charge in [-0.1, -0.05) is 6.07 Å². The van der Waals surface area contributed by atoms with Gasteiger partial charge in [0.1, 0.15) is 0 Å². The summed E-state index contributed by atoms with van der Waals surface area (Å²) in [6.45, 7) is 1.64. The van der Waals surface area contributed by atoms with E-state index in [2.05, 4.69) is 5.32 Å². The number of nitrogens with one attached hydrogen (secondary N) is 1. The number of likely N-dealkylation sites (N-methyl/N-ethyl adjacent to an activating group) is 1. The summed E-state index contributed by atoms with van der Waals surface area (Å²) in [5, 5.41) is 13.0. The number of hydrogen-bond acceptors (Lipinski definition) is 3. The molecule has 1 saturated carbocycles. The Bertz CT molecular complexity index is 559. The van der Waals surface area contributed by atoms with Crippen molar-refractivity contribution in [2.75, 3.05) is 14.1 Å². The van der Waals surface area contributed by atoms with Crippen molar-refractivity contribution in [3.05, 3.63) is 35.4 Å². The Balaban J connectivity index is 2.06. The number of benzene rings is 1. The van der Waals surface area contributed by atoms with Crippen LogP contribution in [-0.2, 0) is 4.79 Å². The van der Waals surface area contributed by atoms with E-state index < -0.39 is 29.3 Å². The fourth-order valence-corrected chi connectivity index (χ4v) is 2.79. The van der Waals surface area contributed by atoms with Gasteiger partial charge in [-0.3, -0.25) is 9.69 Å². The smallest absolute Gasteiger partial charge is 0.240 e. The molecule has 0 aliphatic heterocycles. The number of aliphatic hydroxyl groups is 1. The summed E-state index contributed by atoms with van der Waals surface area (Å²) in [5.74, 6) is -2.12. The number of amides is 1. The van der Waals surface area contributed by atoms with E-state index in [0.29, 0.717) is 0 Å². The van der Waals surface area contributed by atoms with Gasteiger partial charge in [0.2, 0.25) is 5.91 Å². The largest absolute Gasteiger partial charge is 0.386 e. The third-order valence-electron chi connectivity index (χ3n) is 4.58. The molecule has 122 valence electrons. The number of aliphatic hydroxyl groups excluding tert-OH is 1. The van der Waals surface area contributed by atoms with Crippen molar-refractivity contribution in [1.29, 1.82) is 0 Å². The van der Waals surface area contributed by atoms with Crippen molar-refractivity contribution in [1.82, 2.24) is 10.2 Å². The van der Waals surface area contributed by atoms with E-state index in [1.807, 2.05) is 19.0 Å². The second-order valence-electron chi connectivity index (χ2n) is 6.16. The Morgan fingerprint density at radius 3 is 2.41 bits per heavy atom. The monoisotopic (exact) mass is 312 g/mol. The van der Waals surface area contributed by atoms with Gasteiger partial charge < -0.3 is 10.4 Å². The van der Waals surface area contributed by atoms with Crippen LogP contribution in [0.3, 0.4) is 0 Å². The normalized spacial score (nSPS) is 19.4. The summed E-state index contributed by atoms with van der Waals surface area (Å²) < 4.78 is 26.2. The van der Waals surface area contributed by atoms with Crippen molar-refractivity contribution in [3.8, 4) is 0 Å². The van der Waals surface area contributed by atoms with E-state index in [9.17, 15) is 18.7 Å². The molecular formula is C16H22F2N2O2. The second-order valence-corrected chi connectivity index (χ2v) is 6.16. The summed E-state index contributed by atoms with van der Waals surface area (Å²) in [6.07, 6.45) is 1.45. The number of halogens is 2. The maximum absolute atomic E-state index is 13.2. The van der Waals surface area contributed by atoms with Crippen molar-refractivity contribution in [2.45, 2.75) is 43.9 Å². The minimum atomic E-state index is -1.10. The summed E-state index contributed by atoms with van der Waals surface area (Å²) in [4.78, 5) is 14.3. The molecule has 0 saturated heterocycles. The van der Waals surface area contributed by atoms with Gasteiger partial charge in [-0.25, -0.2) is 8.78 Å². The van der Waals surface area contributed by atoms with Crippen LogP contribution in [0.15, 0.2) is 18.2 Å². The summed E-state index contributed by atoms with van der Waals surface area (Å²) in [7, 11) is 3.71. The first-order valence-corrected chi connectivity index (χ1v) is 7.39. The predicted molar refractivity (Wildman–Crippen MR) is 79.2 cm³/mol. The lowest BCUT2D eigenvalue weighted by atomic mass is 9.74. The molecule has 4 nitrogen and oxygen atoms in total. The molecule has 1 aromatic rings. The average molecular weight is 312 g/mol. The molecule has 1 aliphatic rings. The van der Waals surface area contributed by atoms with Gasteiger partial charge in [-0.05, 0) is 58.0 Å². The molecule has 0 heterocycles. The Labute approximate surface area is 129 Å². The molecular weight excluding hydrogens is 290 g/mol. The first kappa shape index (κ1) is 16.8. The lowest BCUT2D eigenvalue weighted by molar-refractivity contribution is -0.138. The number of nitrogens with zero attached hydrogens (tertiary/aromatic N) is 1. The Morgan fingerprint density at radius 2 is 1.95 bits per heavy atom. The summed E-state index contributed by atoms with van der Waals surface area (Å²) in [5.41, 5.74) is -0.290. The van der Waals surface area contributed by atoms with E-state index >= 15 is 0 Å². The van der Waals surface area contributed by atoms with Gasteiger partial charge in [-0.15, -0.1) is 0 Å². The predicted octanol–water partition coefficient (Wildman–Crippen LogP) is 1.99. The maximum atomic E-state index is 13.2. The number of carbonyl (C=O) groups excluding carboxylic acids is 1. The number of rotatable bonds is 5. The molecule has 1 aliphatic carbocycles. The van der Waals surface area contributed by atoms with E-state index in [-0.39, 0.29) is 11.5 Å². The van der Waals surface area contributed by atoms with Crippen LogP contribution in [0.5, 0.6) is 0 Å². The van der Waals surface area contributed by atoms with E-state index in [4.69, 9.17) is 0 Å². The molecule has 0 aromatic heterocycles. The molecule has 0 spiro atoms. The summed E-state index contributed by atoms with van der Waals surface area (Å²) in [6, 6.07) is 2.63. The number of hydrogen-bond donors (Lipinski definition) is 2. The zero-order valence-electron chi connectivity index (χ0n) is 13.1. The van der Waals surface area contributed by atoms with Gasteiger partial charge >= 0.3 is 0 Å².